The third-order valence-corrected chi connectivity index (χ3v) is 3.69. The highest BCUT2D eigenvalue weighted by Crippen LogP contribution is 2.34. The van der Waals surface area contributed by atoms with Crippen molar-refractivity contribution in [3.05, 3.63) is 58.9 Å². The number of benzene rings is 2. The predicted octanol–water partition coefficient (Wildman–Crippen LogP) is 2.92. The van der Waals surface area contributed by atoms with Crippen molar-refractivity contribution in [3.63, 3.8) is 0 Å². The number of carbonyl (C=O) groups excluding carboxylic acids is 1. The average molecular weight is 270 g/mol. The molecule has 0 saturated carbocycles. The smallest absolute Gasteiger partial charge is 0.258 e. The summed E-state index contributed by atoms with van der Waals surface area (Å²) in [4.78, 5) is 14.3. The maximum atomic E-state index is 13.1. The molecule has 3 nitrogen and oxygen atoms in total. The molecular weight excluding hydrogens is 255 g/mol. The number of halogens is 1. The van der Waals surface area contributed by atoms with E-state index in [1.165, 1.54) is 18.2 Å². The van der Waals surface area contributed by atoms with E-state index in [2.05, 4.69) is 0 Å². The van der Waals surface area contributed by atoms with Crippen LogP contribution in [0.4, 0.5) is 15.8 Å². The van der Waals surface area contributed by atoms with Gasteiger partial charge in [0, 0.05) is 12.1 Å². The summed E-state index contributed by atoms with van der Waals surface area (Å²) >= 11 is 0. The molecule has 1 amide bonds. The number of nitrogens with two attached hydrogens (primary N) is 1. The number of para-hydroxylation sites is 1. The summed E-state index contributed by atoms with van der Waals surface area (Å²) in [5, 5.41) is 0. The molecule has 0 aliphatic carbocycles. The predicted molar refractivity (Wildman–Crippen MR) is 77.4 cm³/mol. The van der Waals surface area contributed by atoms with Crippen LogP contribution in [0.1, 0.15) is 21.5 Å². The van der Waals surface area contributed by atoms with Crippen LogP contribution >= 0.6 is 0 Å². The van der Waals surface area contributed by atoms with E-state index in [4.69, 9.17) is 5.73 Å². The van der Waals surface area contributed by atoms with Crippen molar-refractivity contribution in [2.24, 2.45) is 0 Å². The van der Waals surface area contributed by atoms with Crippen LogP contribution in [-0.4, -0.2) is 12.5 Å². The molecule has 0 saturated heterocycles. The quantitative estimate of drug-likeness (QED) is 0.810. The fraction of sp³-hybridized carbons (Fsp3) is 0.188. The van der Waals surface area contributed by atoms with Crippen LogP contribution < -0.4 is 10.6 Å². The van der Waals surface area contributed by atoms with Crippen molar-refractivity contribution >= 4 is 17.3 Å². The van der Waals surface area contributed by atoms with Gasteiger partial charge >= 0.3 is 0 Å². The summed E-state index contributed by atoms with van der Waals surface area (Å²) in [7, 11) is 0. The second-order valence-electron chi connectivity index (χ2n) is 5.02. The minimum Gasteiger partial charge on any atom is -0.397 e. The molecule has 4 heteroatoms. The van der Waals surface area contributed by atoms with E-state index in [1.807, 2.05) is 12.1 Å². The molecule has 0 radical (unpaired) electrons. The number of hydrogen-bond acceptors (Lipinski definition) is 2. The normalized spacial score (nSPS) is 13.4. The third kappa shape index (κ3) is 1.93. The molecule has 0 atom stereocenters. The van der Waals surface area contributed by atoms with E-state index in [1.54, 1.807) is 17.9 Å². The minimum atomic E-state index is -0.333. The first-order chi connectivity index (χ1) is 9.58. The molecule has 1 aliphatic rings. The fourth-order valence-corrected chi connectivity index (χ4v) is 2.70. The summed E-state index contributed by atoms with van der Waals surface area (Å²) in [6.45, 7) is 2.35. The van der Waals surface area contributed by atoms with Crippen molar-refractivity contribution in [1.82, 2.24) is 0 Å². The lowest BCUT2D eigenvalue weighted by Crippen LogP contribution is -2.30. The number of anilines is 2. The number of nitrogens with zero attached hydrogens (tertiary/aromatic N) is 1. The topological polar surface area (TPSA) is 46.3 Å². The van der Waals surface area contributed by atoms with Crippen molar-refractivity contribution in [2.75, 3.05) is 17.2 Å². The van der Waals surface area contributed by atoms with E-state index in [-0.39, 0.29) is 11.7 Å². The molecule has 2 aromatic carbocycles. The highest BCUT2D eigenvalue weighted by molar-refractivity contribution is 6.09. The number of aryl methyl sites for hydroxylation is 1. The van der Waals surface area contributed by atoms with E-state index < -0.39 is 0 Å². The lowest BCUT2D eigenvalue weighted by Gasteiger charge is -2.20. The lowest BCUT2D eigenvalue weighted by molar-refractivity contribution is 0.0989. The van der Waals surface area contributed by atoms with Gasteiger partial charge < -0.3 is 10.6 Å². The van der Waals surface area contributed by atoms with Gasteiger partial charge in [-0.1, -0.05) is 12.1 Å². The van der Waals surface area contributed by atoms with E-state index in [0.29, 0.717) is 23.4 Å². The first-order valence-corrected chi connectivity index (χ1v) is 6.53. The molecule has 1 aliphatic heterocycles. The largest absolute Gasteiger partial charge is 0.397 e. The van der Waals surface area contributed by atoms with E-state index in [0.717, 1.165) is 17.7 Å². The van der Waals surface area contributed by atoms with E-state index in [9.17, 15) is 9.18 Å². The standard InChI is InChI=1S/C16H15FN2O/c1-10-9-12(17)5-6-13(10)16(20)19-8-7-11-3-2-4-14(18)15(11)19/h2-6,9H,7-8,18H2,1H3. The summed E-state index contributed by atoms with van der Waals surface area (Å²) in [5.41, 5.74) is 9.62. The van der Waals surface area contributed by atoms with Crippen LogP contribution in [0.15, 0.2) is 36.4 Å². The van der Waals surface area contributed by atoms with Crippen molar-refractivity contribution in [1.29, 1.82) is 0 Å². The van der Waals surface area contributed by atoms with Gasteiger partial charge in [0.1, 0.15) is 5.82 Å². The van der Waals surface area contributed by atoms with Crippen molar-refractivity contribution in [3.8, 4) is 0 Å². The van der Waals surface area contributed by atoms with Gasteiger partial charge in [-0.3, -0.25) is 4.79 Å². The third-order valence-electron chi connectivity index (χ3n) is 3.69. The van der Waals surface area contributed by atoms with Gasteiger partial charge in [-0.05, 0) is 48.7 Å². The molecule has 2 N–H and O–H groups in total. The molecule has 1 heterocycles. The number of rotatable bonds is 1. The number of amides is 1. The molecule has 3 rings (SSSR count). The monoisotopic (exact) mass is 270 g/mol. The van der Waals surface area contributed by atoms with Crippen LogP contribution in [0.25, 0.3) is 0 Å². The Labute approximate surface area is 116 Å². The van der Waals surface area contributed by atoms with Crippen molar-refractivity contribution in [2.45, 2.75) is 13.3 Å². The van der Waals surface area contributed by atoms with Gasteiger partial charge in [0.05, 0.1) is 11.4 Å². The van der Waals surface area contributed by atoms with Gasteiger partial charge in [0.25, 0.3) is 5.91 Å². The zero-order valence-corrected chi connectivity index (χ0v) is 11.2. The second kappa shape index (κ2) is 4.63. The van der Waals surface area contributed by atoms with E-state index >= 15 is 0 Å². The molecule has 0 bridgehead atoms. The van der Waals surface area contributed by atoms with Crippen LogP contribution in [0, 0.1) is 12.7 Å². The molecule has 102 valence electrons. The van der Waals surface area contributed by atoms with Crippen LogP contribution in [0.3, 0.4) is 0 Å². The number of fused-ring (bicyclic) bond motifs is 1. The van der Waals surface area contributed by atoms with Crippen molar-refractivity contribution < 1.29 is 9.18 Å². The number of carbonyl (C=O) groups is 1. The second-order valence-corrected chi connectivity index (χ2v) is 5.02. The number of hydrogen-bond donors (Lipinski definition) is 1. The Morgan fingerprint density at radius 3 is 2.85 bits per heavy atom. The molecule has 0 spiro atoms. The molecular formula is C16H15FN2O. The Morgan fingerprint density at radius 1 is 1.30 bits per heavy atom. The molecule has 0 unspecified atom stereocenters. The first-order valence-electron chi connectivity index (χ1n) is 6.53. The Kier molecular flexibility index (Phi) is 2.93. The highest BCUT2D eigenvalue weighted by atomic mass is 19.1. The van der Waals surface area contributed by atoms with Crippen LogP contribution in [0.5, 0.6) is 0 Å². The zero-order chi connectivity index (χ0) is 14.3. The number of nitrogen functional groups attached to an aromatic ring is 1. The average Bonchev–Trinajstić information content (AvgIpc) is 2.83. The summed E-state index contributed by atoms with van der Waals surface area (Å²) < 4.78 is 13.1. The summed E-state index contributed by atoms with van der Waals surface area (Å²) in [6.07, 6.45) is 0.798. The summed E-state index contributed by atoms with van der Waals surface area (Å²) in [6, 6.07) is 9.89. The van der Waals surface area contributed by atoms with Crippen LogP contribution in [-0.2, 0) is 6.42 Å². The SMILES string of the molecule is Cc1cc(F)ccc1C(=O)N1CCc2cccc(N)c21. The lowest BCUT2D eigenvalue weighted by atomic mass is 10.1. The maximum Gasteiger partial charge on any atom is 0.258 e. The fourth-order valence-electron chi connectivity index (χ4n) is 2.70. The first kappa shape index (κ1) is 12.7. The highest BCUT2D eigenvalue weighted by Gasteiger charge is 2.28. The summed E-state index contributed by atoms with van der Waals surface area (Å²) in [5.74, 6) is -0.459. The Bertz CT molecular complexity index is 697. The van der Waals surface area contributed by atoms with Gasteiger partial charge in [-0.2, -0.15) is 0 Å². The minimum absolute atomic E-state index is 0.126. The zero-order valence-electron chi connectivity index (χ0n) is 11.2. The maximum absolute atomic E-state index is 13.1. The Balaban J connectivity index is 2.02. The Morgan fingerprint density at radius 2 is 2.10 bits per heavy atom. The van der Waals surface area contributed by atoms with Gasteiger partial charge in [-0.25, -0.2) is 4.39 Å². The van der Waals surface area contributed by atoms with Crippen LogP contribution in [0.2, 0.25) is 0 Å². The molecule has 2 aromatic rings. The molecule has 0 aromatic heterocycles. The Hall–Kier alpha value is -2.36. The molecule has 20 heavy (non-hydrogen) atoms. The van der Waals surface area contributed by atoms with Gasteiger partial charge in [-0.15, -0.1) is 0 Å². The van der Waals surface area contributed by atoms with Gasteiger partial charge in [0.2, 0.25) is 0 Å². The van der Waals surface area contributed by atoms with Gasteiger partial charge in [0.15, 0.2) is 0 Å². The molecule has 0 fully saturated rings.